The van der Waals surface area contributed by atoms with Crippen molar-refractivity contribution in [2.75, 3.05) is 23.7 Å². The van der Waals surface area contributed by atoms with Gasteiger partial charge in [0.2, 0.25) is 0 Å². The van der Waals surface area contributed by atoms with E-state index in [2.05, 4.69) is 18.7 Å². The Morgan fingerprint density at radius 2 is 2.18 bits per heavy atom. The number of thioether (sulfide) groups is 1. The second kappa shape index (κ2) is 4.86. The predicted octanol–water partition coefficient (Wildman–Crippen LogP) is 2.62. The molecule has 1 aromatic rings. The van der Waals surface area contributed by atoms with Gasteiger partial charge in [-0.05, 0) is 37.6 Å². The molecule has 0 aromatic heterocycles. The minimum absolute atomic E-state index is 0.195. The molecule has 1 saturated heterocycles. The van der Waals surface area contributed by atoms with Crippen LogP contribution in [-0.2, 0) is 6.54 Å². The number of hydrogen-bond acceptors (Lipinski definition) is 3. The largest absolute Gasteiger partial charge is 0.369 e. The summed E-state index contributed by atoms with van der Waals surface area (Å²) in [6.45, 7) is 6.77. The standard InChI is InChI=1S/C13H19FN2S/c1-13(2)9-16(3-4-17-13)12-6-10(8-15)5-11(14)7-12/h5-7H,3-4,8-9,15H2,1-2H3. The summed E-state index contributed by atoms with van der Waals surface area (Å²) < 4.78 is 13.7. The molecule has 0 unspecified atom stereocenters. The van der Waals surface area contributed by atoms with Gasteiger partial charge >= 0.3 is 0 Å². The van der Waals surface area contributed by atoms with Crippen molar-refractivity contribution in [3.05, 3.63) is 29.6 Å². The van der Waals surface area contributed by atoms with Gasteiger partial charge in [-0.3, -0.25) is 0 Å². The van der Waals surface area contributed by atoms with Crippen LogP contribution in [0.2, 0.25) is 0 Å². The van der Waals surface area contributed by atoms with E-state index in [0.717, 1.165) is 30.1 Å². The average Bonchev–Trinajstić information content (AvgIpc) is 2.27. The molecule has 94 valence electrons. The fourth-order valence-corrected chi connectivity index (χ4v) is 3.28. The Bertz CT molecular complexity index is 406. The van der Waals surface area contributed by atoms with Crippen molar-refractivity contribution in [2.45, 2.75) is 25.1 Å². The molecule has 2 nitrogen and oxygen atoms in total. The average molecular weight is 254 g/mol. The molecular formula is C13H19FN2S. The maximum Gasteiger partial charge on any atom is 0.125 e. The summed E-state index contributed by atoms with van der Waals surface area (Å²) in [4.78, 5) is 2.25. The van der Waals surface area contributed by atoms with Crippen LogP contribution in [-0.4, -0.2) is 23.6 Å². The third-order valence-electron chi connectivity index (χ3n) is 2.97. The zero-order valence-corrected chi connectivity index (χ0v) is 11.2. The first kappa shape index (κ1) is 12.7. The summed E-state index contributed by atoms with van der Waals surface area (Å²) in [6.07, 6.45) is 0. The van der Waals surface area contributed by atoms with E-state index in [4.69, 9.17) is 5.73 Å². The van der Waals surface area contributed by atoms with E-state index in [1.807, 2.05) is 17.8 Å². The normalized spacial score (nSPS) is 19.4. The first-order valence-electron chi connectivity index (χ1n) is 5.89. The van der Waals surface area contributed by atoms with Crippen LogP contribution in [0, 0.1) is 5.82 Å². The maximum absolute atomic E-state index is 13.5. The van der Waals surface area contributed by atoms with Gasteiger partial charge in [-0.2, -0.15) is 11.8 Å². The third kappa shape index (κ3) is 3.13. The lowest BCUT2D eigenvalue weighted by Gasteiger charge is -2.39. The maximum atomic E-state index is 13.5. The summed E-state index contributed by atoms with van der Waals surface area (Å²) >= 11 is 1.97. The van der Waals surface area contributed by atoms with Gasteiger partial charge in [-0.1, -0.05) is 0 Å². The quantitative estimate of drug-likeness (QED) is 0.879. The number of hydrogen-bond donors (Lipinski definition) is 1. The minimum atomic E-state index is -0.195. The van der Waals surface area contributed by atoms with Crippen molar-refractivity contribution in [3.63, 3.8) is 0 Å². The van der Waals surface area contributed by atoms with Gasteiger partial charge in [-0.15, -0.1) is 0 Å². The predicted molar refractivity (Wildman–Crippen MR) is 73.0 cm³/mol. The molecule has 0 spiro atoms. The highest BCUT2D eigenvalue weighted by Gasteiger charge is 2.27. The van der Waals surface area contributed by atoms with Gasteiger partial charge in [-0.25, -0.2) is 4.39 Å². The first-order chi connectivity index (χ1) is 8.00. The monoisotopic (exact) mass is 254 g/mol. The van der Waals surface area contributed by atoms with Gasteiger partial charge in [0.1, 0.15) is 5.82 Å². The van der Waals surface area contributed by atoms with Gasteiger partial charge in [0.05, 0.1) is 0 Å². The molecule has 2 N–H and O–H groups in total. The number of anilines is 1. The second-order valence-corrected chi connectivity index (χ2v) is 6.85. The molecule has 4 heteroatoms. The molecule has 1 aromatic carbocycles. The lowest BCUT2D eigenvalue weighted by Crippen LogP contribution is -2.43. The van der Waals surface area contributed by atoms with Crippen molar-refractivity contribution < 1.29 is 4.39 Å². The van der Waals surface area contributed by atoms with Crippen molar-refractivity contribution in [1.82, 2.24) is 0 Å². The molecule has 1 aliphatic rings. The van der Waals surface area contributed by atoms with Gasteiger partial charge in [0.15, 0.2) is 0 Å². The zero-order valence-electron chi connectivity index (χ0n) is 10.4. The van der Waals surface area contributed by atoms with Crippen LogP contribution >= 0.6 is 11.8 Å². The lowest BCUT2D eigenvalue weighted by molar-refractivity contribution is 0.617. The molecule has 1 heterocycles. The molecule has 0 atom stereocenters. The molecule has 1 fully saturated rings. The highest BCUT2D eigenvalue weighted by Crippen LogP contribution is 2.32. The summed E-state index contributed by atoms with van der Waals surface area (Å²) in [5.74, 6) is 0.889. The molecule has 0 bridgehead atoms. The smallest absolute Gasteiger partial charge is 0.125 e. The van der Waals surface area contributed by atoms with E-state index < -0.39 is 0 Å². The second-order valence-electron chi connectivity index (χ2n) is 5.05. The Labute approximate surface area is 106 Å². The van der Waals surface area contributed by atoms with E-state index in [1.165, 1.54) is 6.07 Å². The number of benzene rings is 1. The summed E-state index contributed by atoms with van der Waals surface area (Å²) in [6, 6.07) is 5.10. The highest BCUT2D eigenvalue weighted by atomic mass is 32.2. The molecule has 0 saturated carbocycles. The fourth-order valence-electron chi connectivity index (χ4n) is 2.17. The lowest BCUT2D eigenvalue weighted by atomic mass is 10.1. The molecule has 2 rings (SSSR count). The van der Waals surface area contributed by atoms with E-state index in [9.17, 15) is 4.39 Å². The van der Waals surface area contributed by atoms with Gasteiger partial charge in [0, 0.05) is 35.8 Å². The van der Waals surface area contributed by atoms with E-state index >= 15 is 0 Å². The van der Waals surface area contributed by atoms with Gasteiger partial charge in [0.25, 0.3) is 0 Å². The molecule has 0 aliphatic carbocycles. The summed E-state index contributed by atoms with van der Waals surface area (Å²) in [5.41, 5.74) is 7.40. The van der Waals surface area contributed by atoms with Crippen LogP contribution in [0.1, 0.15) is 19.4 Å². The fraction of sp³-hybridized carbons (Fsp3) is 0.538. The minimum Gasteiger partial charge on any atom is -0.369 e. The number of nitrogens with zero attached hydrogens (tertiary/aromatic N) is 1. The van der Waals surface area contributed by atoms with E-state index in [1.54, 1.807) is 6.07 Å². The molecule has 17 heavy (non-hydrogen) atoms. The van der Waals surface area contributed by atoms with E-state index in [-0.39, 0.29) is 10.6 Å². The van der Waals surface area contributed by atoms with Gasteiger partial charge < -0.3 is 10.6 Å². The Hall–Kier alpha value is -0.740. The highest BCUT2D eigenvalue weighted by molar-refractivity contribution is 8.00. The van der Waals surface area contributed by atoms with Crippen LogP contribution in [0.15, 0.2) is 18.2 Å². The number of rotatable bonds is 2. The van der Waals surface area contributed by atoms with Crippen LogP contribution in [0.5, 0.6) is 0 Å². The van der Waals surface area contributed by atoms with Crippen LogP contribution < -0.4 is 10.6 Å². The zero-order chi connectivity index (χ0) is 12.5. The Balaban J connectivity index is 2.24. The number of nitrogens with two attached hydrogens (primary N) is 1. The van der Waals surface area contributed by atoms with Crippen molar-refractivity contribution >= 4 is 17.4 Å². The topological polar surface area (TPSA) is 29.3 Å². The summed E-state index contributed by atoms with van der Waals surface area (Å²) in [5, 5.41) is 0. The van der Waals surface area contributed by atoms with Crippen LogP contribution in [0.4, 0.5) is 10.1 Å². The molecule has 1 aliphatic heterocycles. The Morgan fingerprint density at radius 1 is 1.41 bits per heavy atom. The first-order valence-corrected chi connectivity index (χ1v) is 6.87. The van der Waals surface area contributed by atoms with Crippen molar-refractivity contribution in [2.24, 2.45) is 5.73 Å². The Kier molecular flexibility index (Phi) is 3.64. The molecular weight excluding hydrogens is 235 g/mol. The summed E-state index contributed by atoms with van der Waals surface area (Å²) in [7, 11) is 0. The van der Waals surface area contributed by atoms with E-state index in [0.29, 0.717) is 6.54 Å². The molecule has 0 amide bonds. The van der Waals surface area contributed by atoms with Crippen LogP contribution in [0.3, 0.4) is 0 Å². The SMILES string of the molecule is CC1(C)CN(c2cc(F)cc(CN)c2)CCS1. The van der Waals surface area contributed by atoms with Crippen LogP contribution in [0.25, 0.3) is 0 Å². The number of halogens is 1. The van der Waals surface area contributed by atoms with Crippen molar-refractivity contribution in [1.29, 1.82) is 0 Å². The third-order valence-corrected chi connectivity index (χ3v) is 4.27. The van der Waals surface area contributed by atoms with Crippen molar-refractivity contribution in [3.8, 4) is 0 Å². The Morgan fingerprint density at radius 3 is 2.82 bits per heavy atom. The molecule has 0 radical (unpaired) electrons.